The van der Waals surface area contributed by atoms with Gasteiger partial charge in [-0.25, -0.2) is 4.79 Å². The van der Waals surface area contributed by atoms with Gasteiger partial charge in [-0.2, -0.15) is 0 Å². The molecule has 4 nitrogen and oxygen atoms in total. The molecule has 0 aliphatic carbocycles. The normalized spacial score (nSPS) is 12.4. The first kappa shape index (κ1) is 17.1. The van der Waals surface area contributed by atoms with E-state index in [1.807, 2.05) is 0 Å². The van der Waals surface area contributed by atoms with E-state index in [-0.39, 0.29) is 0 Å². The second-order valence-electron chi connectivity index (χ2n) is 4.47. The third-order valence-corrected chi connectivity index (χ3v) is 3.28. The van der Waals surface area contributed by atoms with Crippen LogP contribution >= 0.6 is 0 Å². The van der Waals surface area contributed by atoms with Crippen LogP contribution in [-0.4, -0.2) is 60.1 Å². The smallest absolute Gasteiger partial charge is 0.330 e. The Morgan fingerprint density at radius 2 is 1.56 bits per heavy atom. The number of aliphatic carboxylic acids is 1. The summed E-state index contributed by atoms with van der Waals surface area (Å²) in [6.07, 6.45) is 2.93. The van der Waals surface area contributed by atoms with Crippen LogP contribution in [0.2, 0.25) is 0 Å². The quantitative estimate of drug-likeness (QED) is 0.608. The minimum Gasteiger partial charge on any atom is -0.478 e. The molecule has 0 aliphatic rings. The topological polar surface area (TPSA) is 43.8 Å². The van der Waals surface area contributed by atoms with Crippen LogP contribution < -0.4 is 0 Å². The zero-order valence-corrected chi connectivity index (χ0v) is 12.3. The highest BCUT2D eigenvalue weighted by molar-refractivity contribution is 5.85. The van der Waals surface area contributed by atoms with E-state index < -0.39 is 5.97 Å². The highest BCUT2D eigenvalue weighted by Gasteiger charge is 2.04. The molecule has 106 valence electrons. The molecule has 18 heavy (non-hydrogen) atoms. The van der Waals surface area contributed by atoms with Crippen LogP contribution in [0.1, 0.15) is 34.1 Å². The Labute approximate surface area is 111 Å². The molecule has 0 spiro atoms. The lowest BCUT2D eigenvalue weighted by Gasteiger charge is -2.22. The lowest BCUT2D eigenvalue weighted by molar-refractivity contribution is -0.132. The van der Waals surface area contributed by atoms with E-state index in [9.17, 15) is 4.79 Å². The summed E-state index contributed by atoms with van der Waals surface area (Å²) in [5.41, 5.74) is 0.428. The molecule has 0 saturated carbocycles. The second kappa shape index (κ2) is 10.1. The van der Waals surface area contributed by atoms with Crippen LogP contribution in [0.4, 0.5) is 0 Å². The highest BCUT2D eigenvalue weighted by Crippen LogP contribution is 1.98. The Bertz CT molecular complexity index is 261. The van der Waals surface area contributed by atoms with Crippen LogP contribution in [0, 0.1) is 0 Å². The van der Waals surface area contributed by atoms with E-state index in [1.165, 1.54) is 0 Å². The molecule has 0 aliphatic heterocycles. The molecule has 0 saturated heterocycles. The molecule has 0 bridgehead atoms. The Hall–Kier alpha value is -0.870. The third-order valence-electron chi connectivity index (χ3n) is 3.28. The Morgan fingerprint density at radius 3 is 2.00 bits per heavy atom. The van der Waals surface area contributed by atoms with Gasteiger partial charge >= 0.3 is 5.97 Å². The lowest BCUT2D eigenvalue weighted by Crippen LogP contribution is -2.30. The standard InChI is InChI=1S/C14H28N2O2/c1-5-15(6-2)10-8-11-16(7-3)12-9-13(4)14(17)18/h9H,5-8,10-12H2,1-4H3,(H,17,18)/b13-9-. The first-order valence-electron chi connectivity index (χ1n) is 6.89. The van der Waals surface area contributed by atoms with Gasteiger partial charge in [0.2, 0.25) is 0 Å². The van der Waals surface area contributed by atoms with E-state index in [2.05, 4.69) is 30.6 Å². The van der Waals surface area contributed by atoms with Crippen LogP contribution in [0.15, 0.2) is 11.6 Å². The number of rotatable bonds is 10. The summed E-state index contributed by atoms with van der Waals surface area (Å²) >= 11 is 0. The van der Waals surface area contributed by atoms with Gasteiger partial charge in [0, 0.05) is 12.1 Å². The molecular formula is C14H28N2O2. The molecule has 0 amide bonds. The van der Waals surface area contributed by atoms with Gasteiger partial charge in [-0.1, -0.05) is 26.8 Å². The molecule has 0 atom stereocenters. The molecule has 0 aromatic rings. The molecule has 0 aromatic heterocycles. The summed E-state index contributed by atoms with van der Waals surface area (Å²) in [5.74, 6) is -0.825. The van der Waals surface area contributed by atoms with Gasteiger partial charge in [-0.3, -0.25) is 4.90 Å². The van der Waals surface area contributed by atoms with Crippen LogP contribution in [0.5, 0.6) is 0 Å². The van der Waals surface area contributed by atoms with Crippen molar-refractivity contribution in [1.82, 2.24) is 9.80 Å². The number of carboxylic acids is 1. The van der Waals surface area contributed by atoms with E-state index in [1.54, 1.807) is 13.0 Å². The van der Waals surface area contributed by atoms with Crippen LogP contribution in [-0.2, 0) is 4.79 Å². The van der Waals surface area contributed by atoms with Crippen molar-refractivity contribution >= 4 is 5.97 Å². The maximum Gasteiger partial charge on any atom is 0.330 e. The molecule has 0 unspecified atom stereocenters. The average molecular weight is 256 g/mol. The molecular weight excluding hydrogens is 228 g/mol. The van der Waals surface area contributed by atoms with Crippen LogP contribution in [0.3, 0.4) is 0 Å². The second-order valence-corrected chi connectivity index (χ2v) is 4.47. The molecule has 1 N–H and O–H groups in total. The lowest BCUT2D eigenvalue weighted by atomic mass is 10.2. The Morgan fingerprint density at radius 1 is 1.06 bits per heavy atom. The first-order valence-corrected chi connectivity index (χ1v) is 6.89. The van der Waals surface area contributed by atoms with Gasteiger partial charge < -0.3 is 10.0 Å². The number of carbonyl (C=O) groups is 1. The Balaban J connectivity index is 3.97. The molecule has 0 rings (SSSR count). The van der Waals surface area contributed by atoms with Crippen molar-refractivity contribution in [3.8, 4) is 0 Å². The van der Waals surface area contributed by atoms with E-state index in [0.29, 0.717) is 5.57 Å². The number of hydrogen-bond donors (Lipinski definition) is 1. The van der Waals surface area contributed by atoms with Gasteiger partial charge in [-0.05, 0) is 46.1 Å². The first-order chi connectivity index (χ1) is 8.54. The van der Waals surface area contributed by atoms with Crippen molar-refractivity contribution in [2.24, 2.45) is 0 Å². The minimum absolute atomic E-state index is 0.428. The van der Waals surface area contributed by atoms with Gasteiger partial charge in [0.15, 0.2) is 0 Å². The SMILES string of the molecule is CCN(CC)CCCN(CC)C/C=C(/C)C(=O)O. The zero-order chi connectivity index (χ0) is 14.0. The predicted octanol–water partition coefficient (Wildman–Crippen LogP) is 2.07. The molecule has 0 radical (unpaired) electrons. The fourth-order valence-electron chi connectivity index (χ4n) is 1.79. The summed E-state index contributed by atoms with van der Waals surface area (Å²) in [7, 11) is 0. The maximum atomic E-state index is 10.7. The van der Waals surface area contributed by atoms with Crippen molar-refractivity contribution < 1.29 is 9.90 Å². The monoisotopic (exact) mass is 256 g/mol. The maximum absolute atomic E-state index is 10.7. The highest BCUT2D eigenvalue weighted by atomic mass is 16.4. The fourth-order valence-corrected chi connectivity index (χ4v) is 1.79. The molecule has 0 fully saturated rings. The average Bonchev–Trinajstić information content (AvgIpc) is 2.37. The zero-order valence-electron chi connectivity index (χ0n) is 12.3. The summed E-state index contributed by atoms with van der Waals surface area (Å²) in [5, 5.41) is 8.79. The van der Waals surface area contributed by atoms with Gasteiger partial charge in [0.05, 0.1) is 0 Å². The summed E-state index contributed by atoms with van der Waals surface area (Å²) in [6.45, 7) is 14.1. The summed E-state index contributed by atoms with van der Waals surface area (Å²) < 4.78 is 0. The van der Waals surface area contributed by atoms with Gasteiger partial charge in [0.25, 0.3) is 0 Å². The van der Waals surface area contributed by atoms with Crippen molar-refractivity contribution in [3.63, 3.8) is 0 Å². The third kappa shape index (κ3) is 7.45. The van der Waals surface area contributed by atoms with Crippen molar-refractivity contribution in [3.05, 3.63) is 11.6 Å². The van der Waals surface area contributed by atoms with E-state index in [4.69, 9.17) is 5.11 Å². The summed E-state index contributed by atoms with van der Waals surface area (Å²) in [6, 6.07) is 0. The van der Waals surface area contributed by atoms with Crippen LogP contribution in [0.25, 0.3) is 0 Å². The van der Waals surface area contributed by atoms with Crippen molar-refractivity contribution in [2.45, 2.75) is 34.1 Å². The number of carboxylic acid groups (broad SMARTS) is 1. The number of hydrogen-bond acceptors (Lipinski definition) is 3. The van der Waals surface area contributed by atoms with E-state index >= 15 is 0 Å². The largest absolute Gasteiger partial charge is 0.478 e. The predicted molar refractivity (Wildman–Crippen MR) is 75.9 cm³/mol. The minimum atomic E-state index is -0.825. The number of likely N-dealkylation sites (N-methyl/N-ethyl adjacent to an activating group) is 1. The van der Waals surface area contributed by atoms with Gasteiger partial charge in [-0.15, -0.1) is 0 Å². The summed E-state index contributed by atoms with van der Waals surface area (Å²) in [4.78, 5) is 15.4. The Kier molecular flexibility index (Phi) is 9.60. The molecule has 0 heterocycles. The number of nitrogens with zero attached hydrogens (tertiary/aromatic N) is 2. The van der Waals surface area contributed by atoms with Crippen molar-refractivity contribution in [1.29, 1.82) is 0 Å². The molecule has 0 aromatic carbocycles. The molecule has 4 heteroatoms. The fraction of sp³-hybridized carbons (Fsp3) is 0.786. The van der Waals surface area contributed by atoms with Gasteiger partial charge in [0.1, 0.15) is 0 Å². The van der Waals surface area contributed by atoms with Crippen molar-refractivity contribution in [2.75, 3.05) is 39.3 Å². The van der Waals surface area contributed by atoms with E-state index in [0.717, 1.165) is 45.7 Å².